The zero-order valence-electron chi connectivity index (χ0n) is 6.29. The quantitative estimate of drug-likeness (QED) is 0.602. The Balaban J connectivity index is 1.91. The van der Waals surface area contributed by atoms with E-state index in [4.69, 9.17) is 5.11 Å². The molecule has 2 N–H and O–H groups in total. The molecule has 0 aromatic heterocycles. The molecule has 0 aliphatic heterocycles. The molecule has 0 heterocycles. The molecule has 1 unspecified atom stereocenters. The van der Waals surface area contributed by atoms with Crippen LogP contribution in [0.25, 0.3) is 0 Å². The molecule has 0 bridgehead atoms. The molecule has 1 rings (SSSR count). The van der Waals surface area contributed by atoms with E-state index in [1.54, 1.807) is 0 Å². The molecule has 1 aliphatic rings. The van der Waals surface area contributed by atoms with E-state index < -0.39 is 0 Å². The highest BCUT2D eigenvalue weighted by Gasteiger charge is 2.23. The largest absolute Gasteiger partial charge is 0.396 e. The fourth-order valence-corrected chi connectivity index (χ4v) is 1.18. The van der Waals surface area contributed by atoms with Crippen molar-refractivity contribution in [1.82, 2.24) is 0 Å². The Bertz CT molecular complexity index is 89.3. The maximum absolute atomic E-state index is 9.28. The second-order valence-electron chi connectivity index (χ2n) is 3.20. The van der Waals surface area contributed by atoms with Crippen molar-refractivity contribution in [1.29, 1.82) is 0 Å². The molecule has 0 aromatic rings. The number of rotatable bonds is 5. The van der Waals surface area contributed by atoms with Crippen LogP contribution in [0.4, 0.5) is 0 Å². The van der Waals surface area contributed by atoms with Crippen molar-refractivity contribution < 1.29 is 10.2 Å². The number of aliphatic hydroxyl groups is 2. The van der Waals surface area contributed by atoms with E-state index in [9.17, 15) is 5.11 Å². The van der Waals surface area contributed by atoms with Crippen LogP contribution in [0.3, 0.4) is 0 Å². The topological polar surface area (TPSA) is 40.5 Å². The van der Waals surface area contributed by atoms with Gasteiger partial charge in [-0.1, -0.05) is 12.8 Å². The summed E-state index contributed by atoms with van der Waals surface area (Å²) in [7, 11) is 0. The van der Waals surface area contributed by atoms with E-state index >= 15 is 0 Å². The summed E-state index contributed by atoms with van der Waals surface area (Å²) >= 11 is 0. The molecule has 0 saturated heterocycles. The third-order valence-corrected chi connectivity index (χ3v) is 2.00. The highest BCUT2D eigenvalue weighted by molar-refractivity contribution is 4.76. The van der Waals surface area contributed by atoms with Gasteiger partial charge in [0.15, 0.2) is 0 Å². The summed E-state index contributed by atoms with van der Waals surface area (Å²) in [6.07, 6.45) is 4.92. The van der Waals surface area contributed by atoms with Gasteiger partial charge in [-0.05, 0) is 25.2 Å². The average Bonchev–Trinajstić information content (AvgIpc) is 2.67. The van der Waals surface area contributed by atoms with Gasteiger partial charge in [0.1, 0.15) is 0 Å². The smallest absolute Gasteiger partial charge is 0.0543 e. The van der Waals surface area contributed by atoms with Gasteiger partial charge >= 0.3 is 0 Å². The third kappa shape index (κ3) is 3.18. The van der Waals surface area contributed by atoms with E-state index in [2.05, 4.69) is 0 Å². The molecule has 1 saturated carbocycles. The molecular weight excluding hydrogens is 128 g/mol. The molecule has 1 fully saturated rings. The molecule has 2 heteroatoms. The van der Waals surface area contributed by atoms with Crippen LogP contribution in [-0.2, 0) is 0 Å². The summed E-state index contributed by atoms with van der Waals surface area (Å²) in [5.41, 5.74) is 0. The lowest BCUT2D eigenvalue weighted by Crippen LogP contribution is -2.07. The van der Waals surface area contributed by atoms with E-state index in [1.807, 2.05) is 0 Å². The van der Waals surface area contributed by atoms with Crippen LogP contribution < -0.4 is 0 Å². The molecule has 1 atom stereocenters. The minimum absolute atomic E-state index is 0.153. The van der Waals surface area contributed by atoms with Gasteiger partial charge in [-0.15, -0.1) is 0 Å². The molecule has 60 valence electrons. The van der Waals surface area contributed by atoms with Gasteiger partial charge < -0.3 is 10.2 Å². The molecular formula is C8H16O2. The Hall–Kier alpha value is -0.0800. The minimum Gasteiger partial charge on any atom is -0.396 e. The Morgan fingerprint density at radius 2 is 2.10 bits per heavy atom. The normalized spacial score (nSPS) is 21.0. The Morgan fingerprint density at radius 1 is 1.40 bits per heavy atom. The fraction of sp³-hybridized carbons (Fsp3) is 1.00. The Labute approximate surface area is 61.9 Å². The zero-order chi connectivity index (χ0) is 7.40. The lowest BCUT2D eigenvalue weighted by molar-refractivity contribution is 0.135. The van der Waals surface area contributed by atoms with Crippen molar-refractivity contribution in [2.24, 2.45) is 5.92 Å². The lowest BCUT2D eigenvalue weighted by atomic mass is 10.1. The van der Waals surface area contributed by atoms with Gasteiger partial charge in [0.2, 0.25) is 0 Å². The molecule has 0 amide bonds. The van der Waals surface area contributed by atoms with Gasteiger partial charge in [-0.3, -0.25) is 0 Å². The lowest BCUT2D eigenvalue weighted by Gasteiger charge is -2.07. The van der Waals surface area contributed by atoms with Gasteiger partial charge in [0.05, 0.1) is 6.10 Å². The zero-order valence-corrected chi connectivity index (χ0v) is 6.29. The highest BCUT2D eigenvalue weighted by atomic mass is 16.3. The van der Waals surface area contributed by atoms with Gasteiger partial charge in [0.25, 0.3) is 0 Å². The number of aliphatic hydroxyl groups excluding tert-OH is 2. The monoisotopic (exact) mass is 144 g/mol. The Kier molecular flexibility index (Phi) is 3.16. The van der Waals surface area contributed by atoms with Crippen LogP contribution in [0.15, 0.2) is 0 Å². The first-order valence-corrected chi connectivity index (χ1v) is 4.12. The second kappa shape index (κ2) is 3.94. The van der Waals surface area contributed by atoms with Crippen LogP contribution in [0.5, 0.6) is 0 Å². The predicted octanol–water partition coefficient (Wildman–Crippen LogP) is 0.920. The highest BCUT2D eigenvalue weighted by Crippen LogP contribution is 2.34. The maximum Gasteiger partial charge on any atom is 0.0543 e. The van der Waals surface area contributed by atoms with Gasteiger partial charge in [0, 0.05) is 6.61 Å². The van der Waals surface area contributed by atoms with Crippen molar-refractivity contribution in [3.8, 4) is 0 Å². The summed E-state index contributed by atoms with van der Waals surface area (Å²) in [5, 5.41) is 17.7. The molecule has 10 heavy (non-hydrogen) atoms. The summed E-state index contributed by atoms with van der Waals surface area (Å²) < 4.78 is 0. The van der Waals surface area contributed by atoms with Crippen molar-refractivity contribution in [2.45, 2.75) is 38.2 Å². The summed E-state index contributed by atoms with van der Waals surface area (Å²) in [6, 6.07) is 0. The second-order valence-corrected chi connectivity index (χ2v) is 3.20. The first kappa shape index (κ1) is 8.02. The number of hydrogen-bond donors (Lipinski definition) is 2. The standard InChI is InChI=1S/C8H16O2/c9-5-1-2-8(10)6-7-3-4-7/h7-10H,1-6H2. The van der Waals surface area contributed by atoms with E-state index in [1.165, 1.54) is 12.8 Å². The molecule has 2 nitrogen and oxygen atoms in total. The SMILES string of the molecule is OCCCC(O)CC1CC1. The van der Waals surface area contributed by atoms with Crippen molar-refractivity contribution >= 4 is 0 Å². The predicted molar refractivity (Wildman–Crippen MR) is 39.7 cm³/mol. The van der Waals surface area contributed by atoms with Gasteiger partial charge in [-0.25, -0.2) is 0 Å². The van der Waals surface area contributed by atoms with Crippen LogP contribution >= 0.6 is 0 Å². The first-order chi connectivity index (χ1) is 4.83. The molecule has 0 aromatic carbocycles. The van der Waals surface area contributed by atoms with E-state index in [0.29, 0.717) is 0 Å². The van der Waals surface area contributed by atoms with Crippen molar-refractivity contribution in [2.75, 3.05) is 6.61 Å². The minimum atomic E-state index is -0.153. The van der Waals surface area contributed by atoms with Crippen LogP contribution in [-0.4, -0.2) is 22.9 Å². The van der Waals surface area contributed by atoms with Gasteiger partial charge in [-0.2, -0.15) is 0 Å². The fourth-order valence-electron chi connectivity index (χ4n) is 1.18. The molecule has 0 spiro atoms. The van der Waals surface area contributed by atoms with Crippen LogP contribution in [0.1, 0.15) is 32.1 Å². The summed E-state index contributed by atoms with van der Waals surface area (Å²) in [6.45, 7) is 0.210. The third-order valence-electron chi connectivity index (χ3n) is 2.00. The van der Waals surface area contributed by atoms with Crippen LogP contribution in [0.2, 0.25) is 0 Å². The summed E-state index contributed by atoms with van der Waals surface area (Å²) in [4.78, 5) is 0. The number of hydrogen-bond acceptors (Lipinski definition) is 2. The van der Waals surface area contributed by atoms with Crippen molar-refractivity contribution in [3.63, 3.8) is 0 Å². The van der Waals surface area contributed by atoms with E-state index in [0.717, 1.165) is 25.2 Å². The Morgan fingerprint density at radius 3 is 2.60 bits per heavy atom. The first-order valence-electron chi connectivity index (χ1n) is 4.12. The molecule has 0 radical (unpaired) electrons. The average molecular weight is 144 g/mol. The molecule has 1 aliphatic carbocycles. The van der Waals surface area contributed by atoms with Crippen molar-refractivity contribution in [3.05, 3.63) is 0 Å². The van der Waals surface area contributed by atoms with Crippen LogP contribution in [0, 0.1) is 5.92 Å². The van der Waals surface area contributed by atoms with E-state index in [-0.39, 0.29) is 12.7 Å². The maximum atomic E-state index is 9.28. The summed E-state index contributed by atoms with van der Waals surface area (Å²) in [5.74, 6) is 0.800.